The average Bonchev–Trinajstić information content (AvgIpc) is 2.79. The number of likely N-dealkylation sites (tertiary alicyclic amines) is 1. The summed E-state index contributed by atoms with van der Waals surface area (Å²) in [6.07, 6.45) is 7.46. The minimum absolute atomic E-state index is 0.00144. The summed E-state index contributed by atoms with van der Waals surface area (Å²) < 4.78 is 0. The van der Waals surface area contributed by atoms with E-state index in [0.29, 0.717) is 5.92 Å². The second-order valence-electron chi connectivity index (χ2n) is 5.74. The molecule has 0 unspecified atom stereocenters. The Balaban J connectivity index is 2.03. The smallest absolute Gasteiger partial charge is 0.241 e. The van der Waals surface area contributed by atoms with Crippen LogP contribution in [0.5, 0.6) is 0 Å². The van der Waals surface area contributed by atoms with Crippen molar-refractivity contribution in [3.05, 3.63) is 0 Å². The van der Waals surface area contributed by atoms with Crippen molar-refractivity contribution in [3.8, 4) is 6.07 Å². The Bertz CT molecular complexity index is 343. The van der Waals surface area contributed by atoms with Gasteiger partial charge >= 0.3 is 0 Å². The number of carbonyl (C=O) groups excluding carboxylic acids is 1. The first-order valence-corrected chi connectivity index (χ1v) is 7.12. The molecule has 2 N–H and O–H groups in total. The van der Waals surface area contributed by atoms with Gasteiger partial charge in [-0.15, -0.1) is 0 Å². The number of amides is 1. The molecule has 0 aromatic carbocycles. The highest BCUT2D eigenvalue weighted by Gasteiger charge is 2.38. The van der Waals surface area contributed by atoms with Crippen molar-refractivity contribution in [2.24, 2.45) is 11.7 Å². The van der Waals surface area contributed by atoms with Gasteiger partial charge < -0.3 is 10.6 Å². The quantitative estimate of drug-likeness (QED) is 0.811. The average molecular weight is 249 g/mol. The molecule has 3 atom stereocenters. The molecule has 4 nitrogen and oxygen atoms in total. The Hall–Kier alpha value is -1.08. The fourth-order valence-corrected chi connectivity index (χ4v) is 3.35. The lowest BCUT2D eigenvalue weighted by Gasteiger charge is -2.32. The summed E-state index contributed by atoms with van der Waals surface area (Å²) in [7, 11) is 0. The van der Waals surface area contributed by atoms with Gasteiger partial charge in [0, 0.05) is 6.04 Å². The first-order valence-electron chi connectivity index (χ1n) is 7.12. The van der Waals surface area contributed by atoms with Crippen molar-refractivity contribution in [2.45, 2.75) is 70.0 Å². The van der Waals surface area contributed by atoms with Gasteiger partial charge in [0.15, 0.2) is 0 Å². The number of hydrogen-bond acceptors (Lipinski definition) is 3. The van der Waals surface area contributed by atoms with Gasteiger partial charge in [-0.1, -0.05) is 19.3 Å². The Morgan fingerprint density at radius 3 is 2.56 bits per heavy atom. The van der Waals surface area contributed by atoms with E-state index in [2.05, 4.69) is 6.07 Å². The lowest BCUT2D eigenvalue weighted by Crippen LogP contribution is -2.51. The van der Waals surface area contributed by atoms with Gasteiger partial charge in [-0.3, -0.25) is 4.79 Å². The summed E-state index contributed by atoms with van der Waals surface area (Å²) in [5.41, 5.74) is 6.15. The van der Waals surface area contributed by atoms with Gasteiger partial charge in [-0.2, -0.15) is 5.26 Å². The third-order valence-corrected chi connectivity index (χ3v) is 4.51. The predicted molar refractivity (Wildman–Crippen MR) is 69.5 cm³/mol. The normalized spacial score (nSPS) is 31.1. The Kier molecular flexibility index (Phi) is 4.23. The summed E-state index contributed by atoms with van der Waals surface area (Å²) in [5.74, 6) is 0.317. The third kappa shape index (κ3) is 2.51. The standard InChI is InChI=1S/C14H23N3O/c1-10-7-8-12(9-15)17(10)14(18)13(16)11-5-3-2-4-6-11/h10-13H,2-8,16H2,1H3/t10-,12+,13+/m1/s1. The molecule has 0 aromatic heterocycles. The zero-order valence-electron chi connectivity index (χ0n) is 11.1. The molecule has 1 amide bonds. The van der Waals surface area contributed by atoms with Gasteiger partial charge in [0.2, 0.25) is 5.91 Å². The van der Waals surface area contributed by atoms with E-state index in [1.165, 1.54) is 19.3 Å². The number of nitrogens with two attached hydrogens (primary N) is 1. The molecular formula is C14H23N3O. The number of nitrogens with zero attached hydrogens (tertiary/aromatic N) is 2. The molecule has 1 heterocycles. The molecule has 4 heteroatoms. The fraction of sp³-hybridized carbons (Fsp3) is 0.857. The summed E-state index contributed by atoms with van der Waals surface area (Å²) in [4.78, 5) is 14.2. The van der Waals surface area contributed by atoms with E-state index in [-0.39, 0.29) is 18.0 Å². The second-order valence-corrected chi connectivity index (χ2v) is 5.74. The molecule has 0 spiro atoms. The molecule has 18 heavy (non-hydrogen) atoms. The van der Waals surface area contributed by atoms with Crippen LogP contribution in [0.3, 0.4) is 0 Å². The summed E-state index contributed by atoms with van der Waals surface area (Å²) >= 11 is 0. The zero-order chi connectivity index (χ0) is 13.1. The number of hydrogen-bond donors (Lipinski definition) is 1. The topological polar surface area (TPSA) is 70.1 Å². The maximum Gasteiger partial charge on any atom is 0.241 e. The molecular weight excluding hydrogens is 226 g/mol. The van der Waals surface area contributed by atoms with Crippen LogP contribution in [0.4, 0.5) is 0 Å². The number of carbonyl (C=O) groups is 1. The molecule has 1 saturated heterocycles. The van der Waals surface area contributed by atoms with Crippen LogP contribution in [0.15, 0.2) is 0 Å². The van der Waals surface area contributed by atoms with Gasteiger partial charge in [0.25, 0.3) is 0 Å². The van der Waals surface area contributed by atoms with E-state index in [0.717, 1.165) is 25.7 Å². The predicted octanol–water partition coefficient (Wildman–Crippen LogP) is 1.80. The van der Waals surface area contributed by atoms with Crippen LogP contribution in [-0.2, 0) is 4.79 Å². The lowest BCUT2D eigenvalue weighted by molar-refractivity contribution is -0.135. The molecule has 0 bridgehead atoms. The van der Waals surface area contributed by atoms with E-state index < -0.39 is 6.04 Å². The Morgan fingerprint density at radius 1 is 1.28 bits per heavy atom. The van der Waals surface area contributed by atoms with E-state index in [1.54, 1.807) is 4.90 Å². The van der Waals surface area contributed by atoms with Crippen LogP contribution in [0.25, 0.3) is 0 Å². The van der Waals surface area contributed by atoms with E-state index in [9.17, 15) is 4.79 Å². The molecule has 0 radical (unpaired) electrons. The molecule has 2 rings (SSSR count). The fourth-order valence-electron chi connectivity index (χ4n) is 3.35. The minimum atomic E-state index is -0.401. The van der Waals surface area contributed by atoms with Crippen LogP contribution >= 0.6 is 0 Å². The van der Waals surface area contributed by atoms with Crippen LogP contribution in [0, 0.1) is 17.2 Å². The first-order chi connectivity index (χ1) is 8.65. The van der Waals surface area contributed by atoms with Crippen molar-refractivity contribution < 1.29 is 4.79 Å². The third-order valence-electron chi connectivity index (χ3n) is 4.51. The largest absolute Gasteiger partial charge is 0.323 e. The summed E-state index contributed by atoms with van der Waals surface area (Å²) in [6.45, 7) is 2.02. The molecule has 100 valence electrons. The minimum Gasteiger partial charge on any atom is -0.323 e. The first kappa shape index (κ1) is 13.4. The van der Waals surface area contributed by atoms with Crippen LogP contribution < -0.4 is 5.73 Å². The van der Waals surface area contributed by atoms with E-state index in [1.807, 2.05) is 6.92 Å². The Labute approximate surface area is 109 Å². The molecule has 1 aliphatic heterocycles. The second kappa shape index (κ2) is 5.71. The lowest BCUT2D eigenvalue weighted by atomic mass is 9.83. The van der Waals surface area contributed by atoms with Crippen molar-refractivity contribution in [2.75, 3.05) is 0 Å². The van der Waals surface area contributed by atoms with Crippen molar-refractivity contribution >= 4 is 5.91 Å². The maximum absolute atomic E-state index is 12.5. The van der Waals surface area contributed by atoms with Crippen molar-refractivity contribution in [1.29, 1.82) is 5.26 Å². The highest BCUT2D eigenvalue weighted by Crippen LogP contribution is 2.29. The van der Waals surface area contributed by atoms with Gasteiger partial charge in [-0.25, -0.2) is 0 Å². The van der Waals surface area contributed by atoms with Gasteiger partial charge in [-0.05, 0) is 38.5 Å². The van der Waals surface area contributed by atoms with Crippen LogP contribution in [0.1, 0.15) is 51.9 Å². The number of rotatable bonds is 2. The van der Waals surface area contributed by atoms with Crippen molar-refractivity contribution in [1.82, 2.24) is 4.90 Å². The Morgan fingerprint density at radius 2 is 1.94 bits per heavy atom. The maximum atomic E-state index is 12.5. The van der Waals surface area contributed by atoms with Gasteiger partial charge in [0.05, 0.1) is 12.1 Å². The molecule has 2 aliphatic rings. The highest BCUT2D eigenvalue weighted by molar-refractivity contribution is 5.83. The molecule has 1 aliphatic carbocycles. The molecule has 1 saturated carbocycles. The van der Waals surface area contributed by atoms with Crippen LogP contribution in [-0.4, -0.2) is 28.9 Å². The monoisotopic (exact) mass is 249 g/mol. The summed E-state index contributed by atoms with van der Waals surface area (Å²) in [6, 6.07) is 1.73. The van der Waals surface area contributed by atoms with Gasteiger partial charge in [0.1, 0.15) is 6.04 Å². The number of nitriles is 1. The van der Waals surface area contributed by atoms with E-state index >= 15 is 0 Å². The summed E-state index contributed by atoms with van der Waals surface area (Å²) in [5, 5.41) is 9.11. The van der Waals surface area contributed by atoms with E-state index in [4.69, 9.17) is 11.0 Å². The van der Waals surface area contributed by atoms with Crippen molar-refractivity contribution in [3.63, 3.8) is 0 Å². The SMILES string of the molecule is C[C@@H]1CC[C@@H](C#N)N1C(=O)[C@@H](N)C1CCCCC1. The highest BCUT2D eigenvalue weighted by atomic mass is 16.2. The van der Waals surface area contributed by atoms with Crippen LogP contribution in [0.2, 0.25) is 0 Å². The molecule has 2 fully saturated rings. The zero-order valence-corrected chi connectivity index (χ0v) is 11.1. The molecule has 0 aromatic rings.